The maximum atomic E-state index is 14.3. The molecule has 2 unspecified atom stereocenters. The maximum absolute atomic E-state index is 14.3. The van der Waals surface area contributed by atoms with Gasteiger partial charge in [-0.15, -0.1) is 0 Å². The van der Waals surface area contributed by atoms with Gasteiger partial charge in [0.25, 0.3) is 0 Å². The number of hydrogen-bond acceptors (Lipinski definition) is 6. The van der Waals surface area contributed by atoms with E-state index in [4.69, 9.17) is 9.26 Å². The number of carbonyl (C=O) groups is 1. The smallest absolute Gasteiger partial charge is 0.324 e. The van der Waals surface area contributed by atoms with Gasteiger partial charge in [0.1, 0.15) is 17.4 Å². The molecule has 1 aromatic heterocycles. The van der Waals surface area contributed by atoms with E-state index in [-0.39, 0.29) is 29.6 Å². The first-order valence-corrected chi connectivity index (χ1v) is 12.1. The molecule has 0 spiro atoms. The number of benzene rings is 1. The van der Waals surface area contributed by atoms with E-state index < -0.39 is 11.6 Å². The highest BCUT2D eigenvalue weighted by molar-refractivity contribution is 5.78. The number of halogens is 2. The molecule has 1 aliphatic heterocycles. The lowest BCUT2D eigenvalue weighted by Gasteiger charge is -2.30. The molecule has 4 rings (SSSR count). The molecule has 34 heavy (non-hydrogen) atoms. The highest BCUT2D eigenvalue weighted by atomic mass is 19.1. The van der Waals surface area contributed by atoms with Crippen LogP contribution >= 0.6 is 0 Å². The molecular formula is C25H34F2N4O3. The molecule has 1 amide bonds. The van der Waals surface area contributed by atoms with Gasteiger partial charge in [0.05, 0.1) is 13.0 Å². The van der Waals surface area contributed by atoms with Crippen molar-refractivity contribution in [2.75, 3.05) is 38.7 Å². The largest absolute Gasteiger partial charge is 0.493 e. The first kappa shape index (κ1) is 24.4. The van der Waals surface area contributed by atoms with Gasteiger partial charge in [-0.25, -0.2) is 8.78 Å². The maximum Gasteiger partial charge on any atom is 0.324 e. The number of likely N-dealkylation sites (N-methyl/N-ethyl adjacent to an activating group) is 1. The zero-order valence-corrected chi connectivity index (χ0v) is 20.4. The summed E-state index contributed by atoms with van der Waals surface area (Å²) in [5, 5.41) is 4.06. The third kappa shape index (κ3) is 5.67. The minimum absolute atomic E-state index is 0.168. The summed E-state index contributed by atoms with van der Waals surface area (Å²) in [6.07, 6.45) is 3.95. The fourth-order valence-corrected chi connectivity index (χ4v) is 4.76. The van der Waals surface area contributed by atoms with Crippen LogP contribution in [-0.2, 0) is 11.2 Å². The zero-order valence-electron chi connectivity index (χ0n) is 20.4. The van der Waals surface area contributed by atoms with Gasteiger partial charge >= 0.3 is 6.01 Å². The van der Waals surface area contributed by atoms with Crippen LogP contribution < -0.4 is 9.64 Å². The van der Waals surface area contributed by atoms with E-state index in [2.05, 4.69) is 28.9 Å². The third-order valence-corrected chi connectivity index (χ3v) is 7.04. The van der Waals surface area contributed by atoms with Crippen LogP contribution in [-0.4, -0.2) is 54.7 Å². The molecule has 1 saturated heterocycles. The van der Waals surface area contributed by atoms with Crippen molar-refractivity contribution >= 4 is 11.9 Å². The molecule has 0 bridgehead atoms. The summed E-state index contributed by atoms with van der Waals surface area (Å²) in [5.41, 5.74) is -0.222. The van der Waals surface area contributed by atoms with Gasteiger partial charge < -0.3 is 19.1 Å². The van der Waals surface area contributed by atoms with Crippen molar-refractivity contribution in [1.29, 1.82) is 0 Å². The van der Waals surface area contributed by atoms with Gasteiger partial charge in [-0.1, -0.05) is 19.0 Å². The van der Waals surface area contributed by atoms with Gasteiger partial charge in [0, 0.05) is 50.8 Å². The summed E-state index contributed by atoms with van der Waals surface area (Å²) >= 11 is 0. The van der Waals surface area contributed by atoms with E-state index in [9.17, 15) is 13.6 Å². The van der Waals surface area contributed by atoms with Gasteiger partial charge in [-0.05, 0) is 43.4 Å². The van der Waals surface area contributed by atoms with E-state index in [0.29, 0.717) is 30.4 Å². The molecule has 1 aromatic carbocycles. The van der Waals surface area contributed by atoms with Crippen LogP contribution in [0.5, 0.6) is 5.75 Å². The normalized spacial score (nSPS) is 20.6. The van der Waals surface area contributed by atoms with Crippen LogP contribution in [0.25, 0.3) is 0 Å². The molecular weight excluding hydrogens is 442 g/mol. The van der Waals surface area contributed by atoms with E-state index in [1.165, 1.54) is 23.5 Å². The first-order chi connectivity index (χ1) is 16.2. The molecule has 9 heteroatoms. The minimum Gasteiger partial charge on any atom is -0.493 e. The van der Waals surface area contributed by atoms with Gasteiger partial charge in [0.2, 0.25) is 5.91 Å². The van der Waals surface area contributed by atoms with Crippen LogP contribution in [0.2, 0.25) is 0 Å². The average Bonchev–Trinajstić information content (AvgIpc) is 3.38. The van der Waals surface area contributed by atoms with Gasteiger partial charge in [-0.2, -0.15) is 4.98 Å². The number of ether oxygens (including phenoxy) is 1. The molecule has 7 nitrogen and oxygen atoms in total. The molecule has 2 aliphatic rings. The van der Waals surface area contributed by atoms with Gasteiger partial charge in [0.15, 0.2) is 5.82 Å². The van der Waals surface area contributed by atoms with Crippen molar-refractivity contribution in [3.63, 3.8) is 0 Å². The van der Waals surface area contributed by atoms with E-state index in [1.807, 2.05) is 0 Å². The van der Waals surface area contributed by atoms with Gasteiger partial charge in [-0.3, -0.25) is 4.79 Å². The lowest BCUT2D eigenvalue weighted by atomic mass is 9.90. The van der Waals surface area contributed by atoms with Crippen LogP contribution in [0.4, 0.5) is 14.8 Å². The number of aromatic nitrogens is 2. The predicted molar refractivity (Wildman–Crippen MR) is 124 cm³/mol. The van der Waals surface area contributed by atoms with E-state index in [0.717, 1.165) is 38.2 Å². The quantitative estimate of drug-likeness (QED) is 0.534. The first-order valence-electron chi connectivity index (χ1n) is 12.1. The van der Waals surface area contributed by atoms with Crippen molar-refractivity contribution in [2.24, 2.45) is 17.8 Å². The van der Waals surface area contributed by atoms with E-state index >= 15 is 0 Å². The monoisotopic (exact) mass is 476 g/mol. The van der Waals surface area contributed by atoms with Crippen LogP contribution in [0, 0.1) is 29.4 Å². The number of anilines is 1. The fraction of sp³-hybridized carbons (Fsp3) is 0.640. The zero-order chi connectivity index (χ0) is 24.4. The summed E-state index contributed by atoms with van der Waals surface area (Å²) < 4.78 is 39.7. The summed E-state index contributed by atoms with van der Waals surface area (Å²) in [5.74, 6) is 1.28. The topological polar surface area (TPSA) is 71.7 Å². The molecule has 2 heterocycles. The lowest BCUT2D eigenvalue weighted by Crippen LogP contribution is -2.34. The molecule has 2 aromatic rings. The number of nitrogens with zero attached hydrogens (tertiary/aromatic N) is 4. The highest BCUT2D eigenvalue weighted by Crippen LogP contribution is 2.50. The molecule has 1 aliphatic carbocycles. The number of amides is 1. The highest BCUT2D eigenvalue weighted by Gasteiger charge is 2.43. The Kier molecular flexibility index (Phi) is 7.38. The summed E-state index contributed by atoms with van der Waals surface area (Å²) in [4.78, 5) is 19.8. The summed E-state index contributed by atoms with van der Waals surface area (Å²) in [6.45, 7) is 6.37. The SMILES string of the molecule is CC(C)c1noc(N2CCC(C3CC3CCOc3cc(F)c(CC(=O)N(C)C)c(F)c3)CC2)n1. The van der Waals surface area contributed by atoms with Crippen LogP contribution in [0.15, 0.2) is 16.7 Å². The number of carbonyl (C=O) groups excluding carboxylic acids is 1. The molecule has 0 radical (unpaired) electrons. The number of piperidine rings is 1. The van der Waals surface area contributed by atoms with E-state index in [1.54, 1.807) is 14.1 Å². The summed E-state index contributed by atoms with van der Waals surface area (Å²) in [7, 11) is 3.11. The second-order valence-corrected chi connectivity index (χ2v) is 10.0. The Bertz CT molecular complexity index is 979. The average molecular weight is 477 g/mol. The Labute approximate surface area is 199 Å². The standard InChI is InChI=1S/C25H34F2N4O3/c1-15(2)24-28-25(34-29-24)31-8-5-16(6-9-31)19-11-17(19)7-10-33-18-12-21(26)20(22(27)13-18)14-23(32)30(3)4/h12-13,15-17,19H,5-11,14H2,1-4H3. The molecule has 2 fully saturated rings. The minimum atomic E-state index is -0.747. The Morgan fingerprint density at radius 3 is 2.50 bits per heavy atom. The second kappa shape index (κ2) is 10.3. The van der Waals surface area contributed by atoms with Crippen LogP contribution in [0.3, 0.4) is 0 Å². The molecule has 186 valence electrons. The van der Waals surface area contributed by atoms with Crippen molar-refractivity contribution in [3.8, 4) is 5.75 Å². The molecule has 2 atom stereocenters. The summed E-state index contributed by atoms with van der Waals surface area (Å²) in [6, 6.07) is 2.97. The number of rotatable bonds is 9. The molecule has 0 N–H and O–H groups in total. The number of hydrogen-bond donors (Lipinski definition) is 0. The van der Waals surface area contributed by atoms with Crippen LogP contribution in [0.1, 0.15) is 56.8 Å². The Morgan fingerprint density at radius 2 is 1.91 bits per heavy atom. The third-order valence-electron chi connectivity index (χ3n) is 7.04. The van der Waals surface area contributed by atoms with Crippen molar-refractivity contribution in [3.05, 3.63) is 35.2 Å². The van der Waals surface area contributed by atoms with Crippen molar-refractivity contribution in [2.45, 2.75) is 51.9 Å². The second-order valence-electron chi connectivity index (χ2n) is 10.0. The Balaban J connectivity index is 1.20. The van der Waals surface area contributed by atoms with Crippen molar-refractivity contribution < 1.29 is 22.8 Å². The lowest BCUT2D eigenvalue weighted by molar-refractivity contribution is -0.128. The predicted octanol–water partition coefficient (Wildman–Crippen LogP) is 4.42. The Hall–Kier alpha value is -2.71. The Morgan fingerprint density at radius 1 is 1.24 bits per heavy atom. The molecule has 1 saturated carbocycles. The fourth-order valence-electron chi connectivity index (χ4n) is 4.76. The van der Waals surface area contributed by atoms with Crippen molar-refractivity contribution in [1.82, 2.24) is 15.0 Å².